The lowest BCUT2D eigenvalue weighted by molar-refractivity contribution is 0.346. The van der Waals surface area contributed by atoms with Crippen LogP contribution in [-0.4, -0.2) is 13.7 Å². The Morgan fingerprint density at radius 1 is 0.541 bits per heavy atom. The smallest absolute Gasteiger partial charge is 0.247 e. The molecular weight excluding hydrogens is 462 g/mol. The SMILES string of the molecule is C=CCn1c(=O)n(CC=C)c(=O)n(C(CCCC)CCCCCCCCCCCCCCCCC)c1=O. The van der Waals surface area contributed by atoms with Crippen LogP contribution in [0.4, 0.5) is 0 Å². The van der Waals surface area contributed by atoms with E-state index in [0.29, 0.717) is 0 Å². The minimum Gasteiger partial charge on any atom is -0.247 e. The Bertz CT molecular complexity index is 877. The van der Waals surface area contributed by atoms with Crippen molar-refractivity contribution in [2.45, 2.75) is 155 Å². The maximum absolute atomic E-state index is 13.2. The van der Waals surface area contributed by atoms with E-state index < -0.39 is 17.1 Å². The Morgan fingerprint density at radius 2 is 0.892 bits per heavy atom. The van der Waals surface area contributed by atoms with E-state index in [0.717, 1.165) is 47.7 Å². The Hall–Kier alpha value is -2.11. The molecule has 1 atom stereocenters. The molecule has 0 saturated carbocycles. The molecule has 1 unspecified atom stereocenters. The lowest BCUT2D eigenvalue weighted by Crippen LogP contribution is -2.55. The number of allylic oxidation sites excluding steroid dienone is 2. The third-order valence-electron chi connectivity index (χ3n) is 7.36. The highest BCUT2D eigenvalue weighted by Crippen LogP contribution is 2.21. The van der Waals surface area contributed by atoms with E-state index in [1.807, 2.05) is 0 Å². The number of unbranched alkanes of at least 4 members (excludes halogenated alkanes) is 15. The second-order valence-corrected chi connectivity index (χ2v) is 10.6. The molecule has 0 saturated heterocycles. The monoisotopic (exact) mass is 517 g/mol. The van der Waals surface area contributed by atoms with Gasteiger partial charge < -0.3 is 0 Å². The van der Waals surface area contributed by atoms with Gasteiger partial charge in [-0.2, -0.15) is 0 Å². The highest BCUT2D eigenvalue weighted by Gasteiger charge is 2.21. The van der Waals surface area contributed by atoms with Crippen molar-refractivity contribution < 1.29 is 0 Å². The summed E-state index contributed by atoms with van der Waals surface area (Å²) in [5.41, 5.74) is -1.62. The third-order valence-corrected chi connectivity index (χ3v) is 7.36. The van der Waals surface area contributed by atoms with Crippen LogP contribution in [0.3, 0.4) is 0 Å². The first-order valence-electron chi connectivity index (χ1n) is 15.2. The molecule has 212 valence electrons. The Kier molecular flexibility index (Phi) is 18.6. The average Bonchev–Trinajstić information content (AvgIpc) is 2.89. The second kappa shape index (κ2) is 20.9. The summed E-state index contributed by atoms with van der Waals surface area (Å²) in [4.78, 5) is 39.0. The fourth-order valence-corrected chi connectivity index (χ4v) is 5.13. The highest BCUT2D eigenvalue weighted by molar-refractivity contribution is 4.87. The number of aromatic nitrogens is 3. The summed E-state index contributed by atoms with van der Waals surface area (Å²) in [5, 5.41) is 0. The van der Waals surface area contributed by atoms with Gasteiger partial charge in [0.2, 0.25) is 0 Å². The van der Waals surface area contributed by atoms with Crippen molar-refractivity contribution in [3.63, 3.8) is 0 Å². The van der Waals surface area contributed by atoms with E-state index in [1.54, 1.807) is 0 Å². The number of hydrogen-bond acceptors (Lipinski definition) is 3. The van der Waals surface area contributed by atoms with Crippen LogP contribution >= 0.6 is 0 Å². The standard InChI is InChI=1S/C31H55N3O3/c1-5-9-11-12-13-14-15-16-17-18-19-20-21-22-23-25-28(24-10-6-2)34-30(36)32(26-7-3)29(35)33(27-8-4)31(34)37/h7-8,28H,3-6,9-27H2,1-2H3. The van der Waals surface area contributed by atoms with Gasteiger partial charge in [0.1, 0.15) is 0 Å². The number of rotatable bonds is 24. The fraction of sp³-hybridized carbons (Fsp3) is 0.774. The molecule has 0 spiro atoms. The first-order valence-corrected chi connectivity index (χ1v) is 15.2. The van der Waals surface area contributed by atoms with E-state index in [4.69, 9.17) is 0 Å². The van der Waals surface area contributed by atoms with Gasteiger partial charge in [0.15, 0.2) is 0 Å². The van der Waals surface area contributed by atoms with Crippen molar-refractivity contribution in [2.75, 3.05) is 0 Å². The van der Waals surface area contributed by atoms with Crippen LogP contribution in [0, 0.1) is 0 Å². The number of nitrogens with zero attached hydrogens (tertiary/aromatic N) is 3. The van der Waals surface area contributed by atoms with Gasteiger partial charge in [0.25, 0.3) is 0 Å². The molecule has 1 aromatic rings. The topological polar surface area (TPSA) is 66.0 Å². The van der Waals surface area contributed by atoms with Gasteiger partial charge in [-0.25, -0.2) is 28.1 Å². The molecule has 37 heavy (non-hydrogen) atoms. The van der Waals surface area contributed by atoms with Crippen LogP contribution in [0.5, 0.6) is 0 Å². The first-order chi connectivity index (χ1) is 18.0. The van der Waals surface area contributed by atoms with Crippen LogP contribution < -0.4 is 17.1 Å². The molecule has 0 bridgehead atoms. The quantitative estimate of drug-likeness (QED) is 0.105. The summed E-state index contributed by atoms with van der Waals surface area (Å²) >= 11 is 0. The van der Waals surface area contributed by atoms with Crippen LogP contribution in [0.2, 0.25) is 0 Å². The molecule has 0 N–H and O–H groups in total. The normalized spacial score (nSPS) is 12.1. The van der Waals surface area contributed by atoms with E-state index in [-0.39, 0.29) is 19.1 Å². The van der Waals surface area contributed by atoms with Crippen LogP contribution in [0.15, 0.2) is 39.7 Å². The molecule has 6 nitrogen and oxygen atoms in total. The van der Waals surface area contributed by atoms with Gasteiger partial charge in [-0.05, 0) is 12.8 Å². The Balaban J connectivity index is 2.52. The second-order valence-electron chi connectivity index (χ2n) is 10.6. The van der Waals surface area contributed by atoms with E-state index in [9.17, 15) is 14.4 Å². The Labute approximate surface area is 225 Å². The molecule has 1 rings (SSSR count). The summed E-state index contributed by atoms with van der Waals surface area (Å²) in [6, 6.07) is -0.186. The highest BCUT2D eigenvalue weighted by atomic mass is 16.2. The zero-order chi connectivity index (χ0) is 27.3. The van der Waals surface area contributed by atoms with Crippen molar-refractivity contribution >= 4 is 0 Å². The van der Waals surface area contributed by atoms with Gasteiger partial charge in [-0.1, -0.05) is 135 Å². The maximum atomic E-state index is 13.2. The van der Waals surface area contributed by atoms with Gasteiger partial charge >= 0.3 is 17.1 Å². The average molecular weight is 518 g/mol. The molecule has 0 aromatic carbocycles. The largest absolute Gasteiger partial charge is 0.336 e. The Morgan fingerprint density at radius 3 is 1.27 bits per heavy atom. The van der Waals surface area contributed by atoms with Crippen molar-refractivity contribution in [3.05, 3.63) is 56.8 Å². The summed E-state index contributed by atoms with van der Waals surface area (Å²) in [6.45, 7) is 11.9. The zero-order valence-corrected chi connectivity index (χ0v) is 24.1. The molecule has 1 heterocycles. The van der Waals surface area contributed by atoms with E-state index >= 15 is 0 Å². The van der Waals surface area contributed by atoms with Gasteiger partial charge in [0, 0.05) is 6.04 Å². The van der Waals surface area contributed by atoms with Crippen LogP contribution in [-0.2, 0) is 13.1 Å². The van der Waals surface area contributed by atoms with Crippen molar-refractivity contribution in [3.8, 4) is 0 Å². The molecule has 6 heteroatoms. The van der Waals surface area contributed by atoms with Crippen molar-refractivity contribution in [2.24, 2.45) is 0 Å². The minimum atomic E-state index is -0.590. The summed E-state index contributed by atoms with van der Waals surface area (Å²) in [6.07, 6.45) is 26.2. The lowest BCUT2D eigenvalue weighted by atomic mass is 10.0. The maximum Gasteiger partial charge on any atom is 0.336 e. The van der Waals surface area contributed by atoms with E-state index in [1.165, 1.54) is 100 Å². The molecule has 0 radical (unpaired) electrons. The summed E-state index contributed by atoms with van der Waals surface area (Å²) < 4.78 is 3.56. The van der Waals surface area contributed by atoms with Crippen LogP contribution in [0.1, 0.15) is 142 Å². The predicted molar refractivity (Wildman–Crippen MR) is 158 cm³/mol. The zero-order valence-electron chi connectivity index (χ0n) is 24.1. The minimum absolute atomic E-state index is 0.0918. The molecule has 0 amide bonds. The van der Waals surface area contributed by atoms with Gasteiger partial charge in [-0.15, -0.1) is 13.2 Å². The molecule has 0 aliphatic carbocycles. The first kappa shape index (κ1) is 32.9. The molecule has 1 aromatic heterocycles. The molecule has 0 fully saturated rings. The van der Waals surface area contributed by atoms with Gasteiger partial charge in [-0.3, -0.25) is 0 Å². The third kappa shape index (κ3) is 12.3. The molecule has 0 aliphatic rings. The lowest BCUT2D eigenvalue weighted by Gasteiger charge is -2.21. The predicted octanol–water partition coefficient (Wildman–Crippen LogP) is 7.54. The van der Waals surface area contributed by atoms with E-state index in [2.05, 4.69) is 27.0 Å². The summed E-state index contributed by atoms with van der Waals surface area (Å²) in [7, 11) is 0. The summed E-state index contributed by atoms with van der Waals surface area (Å²) in [5.74, 6) is 0. The number of hydrogen-bond donors (Lipinski definition) is 0. The molecular formula is C31H55N3O3. The van der Waals surface area contributed by atoms with Crippen molar-refractivity contribution in [1.82, 2.24) is 13.7 Å². The van der Waals surface area contributed by atoms with Crippen molar-refractivity contribution in [1.29, 1.82) is 0 Å². The molecule has 0 aliphatic heterocycles. The van der Waals surface area contributed by atoms with Crippen LogP contribution in [0.25, 0.3) is 0 Å². The van der Waals surface area contributed by atoms with Gasteiger partial charge in [0.05, 0.1) is 13.1 Å². The fourth-order valence-electron chi connectivity index (χ4n) is 5.13.